The van der Waals surface area contributed by atoms with Crippen LogP contribution in [-0.2, 0) is 6.54 Å². The number of anilines is 1. The fourth-order valence-corrected chi connectivity index (χ4v) is 4.16. The molecule has 0 N–H and O–H groups in total. The molecule has 5 rings (SSSR count). The summed E-state index contributed by atoms with van der Waals surface area (Å²) in [5.41, 5.74) is 1.77. The Morgan fingerprint density at radius 2 is 1.62 bits per heavy atom. The second-order valence-electron chi connectivity index (χ2n) is 8.10. The molecule has 1 saturated heterocycles. The van der Waals surface area contributed by atoms with Crippen molar-refractivity contribution in [3.63, 3.8) is 0 Å². The van der Waals surface area contributed by atoms with Crippen molar-refractivity contribution in [2.24, 2.45) is 0 Å². The highest BCUT2D eigenvalue weighted by Gasteiger charge is 2.26. The predicted molar refractivity (Wildman–Crippen MR) is 124 cm³/mol. The Morgan fingerprint density at radius 3 is 2.32 bits per heavy atom. The van der Waals surface area contributed by atoms with E-state index >= 15 is 0 Å². The van der Waals surface area contributed by atoms with Gasteiger partial charge in [0.15, 0.2) is 11.5 Å². The number of benzene rings is 2. The third-order valence-electron chi connectivity index (χ3n) is 5.84. The minimum atomic E-state index is -0.796. The van der Waals surface area contributed by atoms with Crippen LogP contribution in [0.4, 0.5) is 14.6 Å². The maximum Gasteiger partial charge on any atom is 0.295 e. The Labute approximate surface area is 193 Å². The standard InChI is InChI=1S/C25H21F2N5O2/c26-19-13-18(14-20(27)15-19)24(33)31-11-9-30(10-12-31)23-25(34)32(16-17-5-2-1-3-6-17)22-21(29-23)7-4-8-28-22/h1-8,13-15H,9-12,16H2. The van der Waals surface area contributed by atoms with E-state index in [1.165, 1.54) is 4.90 Å². The lowest BCUT2D eigenvalue weighted by molar-refractivity contribution is 0.0745. The summed E-state index contributed by atoms with van der Waals surface area (Å²) in [4.78, 5) is 38.5. The quantitative estimate of drug-likeness (QED) is 0.467. The molecule has 1 fully saturated rings. The summed E-state index contributed by atoms with van der Waals surface area (Å²) in [5, 5.41) is 0. The molecule has 34 heavy (non-hydrogen) atoms. The summed E-state index contributed by atoms with van der Waals surface area (Å²) in [6.07, 6.45) is 1.63. The highest BCUT2D eigenvalue weighted by Crippen LogP contribution is 2.18. The van der Waals surface area contributed by atoms with Crippen molar-refractivity contribution < 1.29 is 13.6 Å². The normalized spacial score (nSPS) is 13.9. The topological polar surface area (TPSA) is 71.3 Å². The van der Waals surface area contributed by atoms with Crippen LogP contribution in [-0.4, -0.2) is 51.5 Å². The molecule has 0 saturated carbocycles. The Morgan fingerprint density at radius 1 is 0.912 bits per heavy atom. The molecule has 1 aliphatic rings. The smallest absolute Gasteiger partial charge is 0.295 e. The van der Waals surface area contributed by atoms with E-state index in [2.05, 4.69) is 9.97 Å². The average Bonchev–Trinajstić information content (AvgIpc) is 2.85. The highest BCUT2D eigenvalue weighted by molar-refractivity contribution is 5.94. The maximum atomic E-state index is 13.5. The lowest BCUT2D eigenvalue weighted by Crippen LogP contribution is -2.50. The van der Waals surface area contributed by atoms with E-state index in [0.29, 0.717) is 49.7 Å². The maximum absolute atomic E-state index is 13.5. The zero-order valence-corrected chi connectivity index (χ0v) is 18.2. The number of pyridine rings is 1. The SMILES string of the molecule is O=C(c1cc(F)cc(F)c1)N1CCN(c2nc3cccnc3n(Cc3ccccc3)c2=O)CC1. The number of amides is 1. The second-order valence-corrected chi connectivity index (χ2v) is 8.10. The van der Waals surface area contributed by atoms with Crippen molar-refractivity contribution >= 4 is 22.9 Å². The van der Waals surface area contributed by atoms with Crippen LogP contribution in [0.15, 0.2) is 71.7 Å². The minimum absolute atomic E-state index is 0.0360. The number of halogens is 2. The summed E-state index contributed by atoms with van der Waals surface area (Å²) in [5.74, 6) is -1.75. The number of hydrogen-bond donors (Lipinski definition) is 0. The lowest BCUT2D eigenvalue weighted by Gasteiger charge is -2.35. The van der Waals surface area contributed by atoms with Crippen LogP contribution < -0.4 is 10.5 Å². The highest BCUT2D eigenvalue weighted by atomic mass is 19.1. The van der Waals surface area contributed by atoms with Gasteiger partial charge >= 0.3 is 0 Å². The number of carbonyl (C=O) groups excluding carboxylic acids is 1. The van der Waals surface area contributed by atoms with Crippen LogP contribution in [0.2, 0.25) is 0 Å². The van der Waals surface area contributed by atoms with Crippen molar-refractivity contribution in [3.05, 3.63) is 100.0 Å². The van der Waals surface area contributed by atoms with Gasteiger partial charge in [-0.2, -0.15) is 0 Å². The molecule has 0 bridgehead atoms. The molecule has 9 heteroatoms. The van der Waals surface area contributed by atoms with Gasteiger partial charge in [0.25, 0.3) is 11.5 Å². The fourth-order valence-electron chi connectivity index (χ4n) is 4.16. The average molecular weight is 461 g/mol. The van der Waals surface area contributed by atoms with Crippen LogP contribution in [0.1, 0.15) is 15.9 Å². The van der Waals surface area contributed by atoms with E-state index in [0.717, 1.165) is 23.8 Å². The third-order valence-corrected chi connectivity index (χ3v) is 5.84. The van der Waals surface area contributed by atoms with Gasteiger partial charge in [-0.15, -0.1) is 0 Å². The number of carbonyl (C=O) groups is 1. The molecule has 4 aromatic rings. The third kappa shape index (κ3) is 4.24. The first-order valence-electron chi connectivity index (χ1n) is 10.9. The van der Waals surface area contributed by atoms with E-state index < -0.39 is 17.5 Å². The summed E-state index contributed by atoms with van der Waals surface area (Å²) in [6.45, 7) is 1.67. The molecular formula is C25H21F2N5O2. The molecule has 0 radical (unpaired) electrons. The number of hydrogen-bond acceptors (Lipinski definition) is 5. The van der Waals surface area contributed by atoms with Crippen molar-refractivity contribution in [1.29, 1.82) is 0 Å². The zero-order chi connectivity index (χ0) is 23.7. The molecule has 1 amide bonds. The molecule has 3 heterocycles. The van der Waals surface area contributed by atoms with Crippen molar-refractivity contribution in [2.75, 3.05) is 31.1 Å². The monoisotopic (exact) mass is 461 g/mol. The number of rotatable bonds is 4. The van der Waals surface area contributed by atoms with Gasteiger partial charge in [-0.05, 0) is 29.8 Å². The summed E-state index contributed by atoms with van der Waals surface area (Å²) < 4.78 is 28.7. The minimum Gasteiger partial charge on any atom is -0.348 e. The van der Waals surface area contributed by atoms with E-state index in [9.17, 15) is 18.4 Å². The molecule has 0 spiro atoms. The number of aromatic nitrogens is 3. The van der Waals surface area contributed by atoms with Gasteiger partial charge < -0.3 is 9.80 Å². The van der Waals surface area contributed by atoms with Crippen LogP contribution in [0, 0.1) is 11.6 Å². The van der Waals surface area contributed by atoms with E-state index in [4.69, 9.17) is 0 Å². The first-order chi connectivity index (χ1) is 16.5. The van der Waals surface area contributed by atoms with Crippen molar-refractivity contribution in [3.8, 4) is 0 Å². The second kappa shape index (κ2) is 9.01. The van der Waals surface area contributed by atoms with Crippen LogP contribution in [0.5, 0.6) is 0 Å². The predicted octanol–water partition coefficient (Wildman–Crippen LogP) is 3.08. The Hall–Kier alpha value is -4.14. The van der Waals surface area contributed by atoms with Crippen molar-refractivity contribution in [2.45, 2.75) is 6.54 Å². The van der Waals surface area contributed by atoms with E-state index in [1.807, 2.05) is 41.3 Å². The Balaban J connectivity index is 1.41. The molecule has 2 aromatic heterocycles. The molecule has 0 unspecified atom stereocenters. The van der Waals surface area contributed by atoms with Gasteiger partial charge in [0.2, 0.25) is 0 Å². The molecule has 1 aliphatic heterocycles. The molecule has 2 aromatic carbocycles. The van der Waals surface area contributed by atoms with Gasteiger partial charge in [0.1, 0.15) is 17.2 Å². The molecule has 0 aliphatic carbocycles. The molecular weight excluding hydrogens is 440 g/mol. The zero-order valence-electron chi connectivity index (χ0n) is 18.2. The van der Waals surface area contributed by atoms with Crippen molar-refractivity contribution in [1.82, 2.24) is 19.4 Å². The number of piperazine rings is 1. The van der Waals surface area contributed by atoms with Crippen LogP contribution in [0.25, 0.3) is 11.2 Å². The first kappa shape index (κ1) is 21.7. The van der Waals surface area contributed by atoms with E-state index in [1.54, 1.807) is 16.8 Å². The lowest BCUT2D eigenvalue weighted by atomic mass is 10.1. The number of nitrogens with zero attached hydrogens (tertiary/aromatic N) is 5. The van der Waals surface area contributed by atoms with Gasteiger partial charge in [0.05, 0.1) is 6.54 Å². The summed E-state index contributed by atoms with van der Waals surface area (Å²) >= 11 is 0. The van der Waals surface area contributed by atoms with Gasteiger partial charge in [-0.25, -0.2) is 18.7 Å². The molecule has 7 nitrogen and oxygen atoms in total. The summed E-state index contributed by atoms with van der Waals surface area (Å²) in [7, 11) is 0. The van der Waals surface area contributed by atoms with Gasteiger partial charge in [0, 0.05) is 44.0 Å². The summed E-state index contributed by atoms with van der Waals surface area (Å²) in [6, 6.07) is 16.0. The number of fused-ring (bicyclic) bond motifs is 1. The van der Waals surface area contributed by atoms with Crippen LogP contribution in [0.3, 0.4) is 0 Å². The van der Waals surface area contributed by atoms with Gasteiger partial charge in [-0.1, -0.05) is 30.3 Å². The molecule has 0 atom stereocenters. The van der Waals surface area contributed by atoms with Gasteiger partial charge in [-0.3, -0.25) is 14.2 Å². The Bertz CT molecular complexity index is 1400. The van der Waals surface area contributed by atoms with Crippen LogP contribution >= 0.6 is 0 Å². The fraction of sp³-hybridized carbons (Fsp3) is 0.200. The molecule has 172 valence electrons. The van der Waals surface area contributed by atoms with E-state index in [-0.39, 0.29) is 11.1 Å². The first-order valence-corrected chi connectivity index (χ1v) is 10.9. The Kier molecular flexibility index (Phi) is 5.75. The largest absolute Gasteiger partial charge is 0.348 e.